The predicted molar refractivity (Wildman–Crippen MR) is 60.1 cm³/mol. The molecule has 0 aromatic heterocycles. The highest BCUT2D eigenvalue weighted by molar-refractivity contribution is 5.34. The summed E-state index contributed by atoms with van der Waals surface area (Å²) in [6.45, 7) is 3.67. The number of halogens is 1. The molecule has 0 radical (unpaired) electrons. The van der Waals surface area contributed by atoms with E-state index in [9.17, 15) is 4.39 Å². The molecular weight excluding hydrogens is 203 g/mol. The van der Waals surface area contributed by atoms with Crippen molar-refractivity contribution in [3.05, 3.63) is 35.1 Å². The lowest BCUT2D eigenvalue weighted by Gasteiger charge is -2.06. The van der Waals surface area contributed by atoms with Crippen LogP contribution in [-0.4, -0.2) is 6.54 Å². The van der Waals surface area contributed by atoms with Crippen LogP contribution in [0.4, 0.5) is 4.39 Å². The fraction of sp³-hybridized carbons (Fsp3) is 0.462. The van der Waals surface area contributed by atoms with Crippen LogP contribution in [0.5, 0.6) is 0 Å². The van der Waals surface area contributed by atoms with Gasteiger partial charge in [-0.25, -0.2) is 4.39 Å². The van der Waals surface area contributed by atoms with Crippen LogP contribution in [0.1, 0.15) is 24.5 Å². The van der Waals surface area contributed by atoms with E-state index in [2.05, 4.69) is 12.2 Å². The van der Waals surface area contributed by atoms with E-state index < -0.39 is 0 Å². The Bertz CT molecular complexity index is 422. The minimum Gasteiger partial charge on any atom is -0.312 e. The monoisotopic (exact) mass is 218 g/mol. The SMILES string of the molecule is CC1CC1CNCc1cccc(C#N)c1F. The summed E-state index contributed by atoms with van der Waals surface area (Å²) in [4.78, 5) is 0. The number of nitrogens with one attached hydrogen (secondary N) is 1. The maximum Gasteiger partial charge on any atom is 0.145 e. The van der Waals surface area contributed by atoms with E-state index in [0.29, 0.717) is 12.1 Å². The molecule has 0 spiro atoms. The van der Waals surface area contributed by atoms with Crippen molar-refractivity contribution in [2.24, 2.45) is 11.8 Å². The van der Waals surface area contributed by atoms with Gasteiger partial charge in [-0.15, -0.1) is 0 Å². The highest BCUT2D eigenvalue weighted by Crippen LogP contribution is 2.36. The third-order valence-corrected chi connectivity index (χ3v) is 3.20. The zero-order valence-corrected chi connectivity index (χ0v) is 9.33. The Morgan fingerprint density at radius 1 is 1.56 bits per heavy atom. The normalized spacial score (nSPS) is 22.8. The first-order chi connectivity index (χ1) is 7.72. The van der Waals surface area contributed by atoms with Gasteiger partial charge in [0.15, 0.2) is 0 Å². The molecule has 1 aromatic carbocycles. The standard InChI is InChI=1S/C13H15FN2/c1-9-5-12(9)8-16-7-11-4-2-3-10(6-15)13(11)14/h2-4,9,12,16H,5,7-8H2,1H3. The molecule has 2 rings (SSSR count). The second kappa shape index (κ2) is 4.63. The van der Waals surface area contributed by atoms with Gasteiger partial charge in [-0.2, -0.15) is 5.26 Å². The number of hydrogen-bond donors (Lipinski definition) is 1. The van der Waals surface area contributed by atoms with Gasteiger partial charge in [0.05, 0.1) is 5.56 Å². The summed E-state index contributed by atoms with van der Waals surface area (Å²) in [5, 5.41) is 11.9. The number of nitriles is 1. The average molecular weight is 218 g/mol. The maximum atomic E-state index is 13.6. The Morgan fingerprint density at radius 2 is 2.31 bits per heavy atom. The molecule has 16 heavy (non-hydrogen) atoms. The third-order valence-electron chi connectivity index (χ3n) is 3.20. The summed E-state index contributed by atoms with van der Waals surface area (Å²) < 4.78 is 13.6. The minimum atomic E-state index is -0.388. The summed E-state index contributed by atoms with van der Waals surface area (Å²) in [6, 6.07) is 6.80. The molecule has 0 bridgehead atoms. The Morgan fingerprint density at radius 3 is 2.94 bits per heavy atom. The number of benzene rings is 1. The van der Waals surface area contributed by atoms with Crippen LogP contribution in [0.15, 0.2) is 18.2 Å². The number of rotatable bonds is 4. The van der Waals surface area contributed by atoms with Crippen LogP contribution in [0.25, 0.3) is 0 Å². The summed E-state index contributed by atoms with van der Waals surface area (Å²) in [5.74, 6) is 1.17. The zero-order chi connectivity index (χ0) is 11.5. The fourth-order valence-electron chi connectivity index (χ4n) is 1.88. The van der Waals surface area contributed by atoms with Crippen molar-refractivity contribution < 1.29 is 4.39 Å². The van der Waals surface area contributed by atoms with Crippen LogP contribution < -0.4 is 5.32 Å². The van der Waals surface area contributed by atoms with Crippen LogP contribution >= 0.6 is 0 Å². The summed E-state index contributed by atoms with van der Waals surface area (Å²) >= 11 is 0. The molecule has 1 fully saturated rings. The molecule has 0 saturated heterocycles. The van der Waals surface area contributed by atoms with E-state index in [4.69, 9.17) is 5.26 Å². The van der Waals surface area contributed by atoms with Gasteiger partial charge in [0.1, 0.15) is 11.9 Å². The van der Waals surface area contributed by atoms with Gasteiger partial charge in [0.2, 0.25) is 0 Å². The van der Waals surface area contributed by atoms with Crippen molar-refractivity contribution in [2.75, 3.05) is 6.54 Å². The second-order valence-electron chi connectivity index (χ2n) is 4.49. The smallest absolute Gasteiger partial charge is 0.145 e. The predicted octanol–water partition coefficient (Wildman–Crippen LogP) is 2.44. The van der Waals surface area contributed by atoms with Crippen LogP contribution in [0.2, 0.25) is 0 Å². The maximum absolute atomic E-state index is 13.6. The van der Waals surface area contributed by atoms with E-state index in [1.807, 2.05) is 6.07 Å². The van der Waals surface area contributed by atoms with Crippen molar-refractivity contribution >= 4 is 0 Å². The Kier molecular flexibility index (Phi) is 3.21. The first-order valence-corrected chi connectivity index (χ1v) is 5.60. The summed E-state index contributed by atoms with van der Waals surface area (Å²) in [6.07, 6.45) is 1.27. The Hall–Kier alpha value is -1.40. The van der Waals surface area contributed by atoms with Crippen molar-refractivity contribution in [1.29, 1.82) is 5.26 Å². The zero-order valence-electron chi connectivity index (χ0n) is 9.33. The summed E-state index contributed by atoms with van der Waals surface area (Å²) in [5.41, 5.74) is 0.700. The van der Waals surface area contributed by atoms with E-state index >= 15 is 0 Å². The second-order valence-corrected chi connectivity index (χ2v) is 4.49. The highest BCUT2D eigenvalue weighted by Gasteiger charge is 2.31. The molecule has 1 aliphatic carbocycles. The van der Waals surface area contributed by atoms with Gasteiger partial charge >= 0.3 is 0 Å². The minimum absolute atomic E-state index is 0.124. The average Bonchev–Trinajstić information content (AvgIpc) is 2.97. The Labute approximate surface area is 95.1 Å². The van der Waals surface area contributed by atoms with E-state index in [0.717, 1.165) is 18.4 Å². The van der Waals surface area contributed by atoms with E-state index in [-0.39, 0.29) is 11.4 Å². The van der Waals surface area contributed by atoms with E-state index in [1.165, 1.54) is 12.5 Å². The Balaban J connectivity index is 1.91. The molecule has 2 nitrogen and oxygen atoms in total. The fourth-order valence-corrected chi connectivity index (χ4v) is 1.88. The summed E-state index contributed by atoms with van der Waals surface area (Å²) in [7, 11) is 0. The van der Waals surface area contributed by atoms with Crippen LogP contribution in [0.3, 0.4) is 0 Å². The molecule has 3 heteroatoms. The first kappa shape index (κ1) is 11.1. The topological polar surface area (TPSA) is 35.8 Å². The molecule has 0 aliphatic heterocycles. The molecule has 2 unspecified atom stereocenters. The molecule has 0 amide bonds. The molecule has 84 valence electrons. The molecule has 1 aliphatic rings. The lowest BCUT2D eigenvalue weighted by atomic mass is 10.1. The molecule has 1 saturated carbocycles. The van der Waals surface area contributed by atoms with Crippen molar-refractivity contribution in [3.63, 3.8) is 0 Å². The van der Waals surface area contributed by atoms with Gasteiger partial charge < -0.3 is 5.32 Å². The first-order valence-electron chi connectivity index (χ1n) is 5.60. The van der Waals surface area contributed by atoms with Crippen molar-refractivity contribution in [2.45, 2.75) is 19.9 Å². The number of hydrogen-bond acceptors (Lipinski definition) is 2. The third kappa shape index (κ3) is 2.40. The van der Waals surface area contributed by atoms with Gasteiger partial charge in [-0.05, 0) is 30.9 Å². The lowest BCUT2D eigenvalue weighted by Crippen LogP contribution is -2.17. The van der Waals surface area contributed by atoms with Crippen molar-refractivity contribution in [3.8, 4) is 6.07 Å². The quantitative estimate of drug-likeness (QED) is 0.842. The van der Waals surface area contributed by atoms with Crippen LogP contribution in [0, 0.1) is 29.0 Å². The molecule has 2 atom stereocenters. The number of nitrogens with zero attached hydrogens (tertiary/aromatic N) is 1. The lowest BCUT2D eigenvalue weighted by molar-refractivity contribution is 0.567. The largest absolute Gasteiger partial charge is 0.312 e. The molecule has 0 heterocycles. The van der Waals surface area contributed by atoms with Gasteiger partial charge in [-0.3, -0.25) is 0 Å². The molecule has 1 aromatic rings. The van der Waals surface area contributed by atoms with Gasteiger partial charge in [0.25, 0.3) is 0 Å². The molecular formula is C13H15FN2. The highest BCUT2D eigenvalue weighted by atomic mass is 19.1. The molecule has 1 N–H and O–H groups in total. The van der Waals surface area contributed by atoms with Gasteiger partial charge in [0, 0.05) is 12.1 Å². The van der Waals surface area contributed by atoms with Gasteiger partial charge in [-0.1, -0.05) is 19.1 Å². The van der Waals surface area contributed by atoms with Crippen LogP contribution in [-0.2, 0) is 6.54 Å². The van der Waals surface area contributed by atoms with E-state index in [1.54, 1.807) is 12.1 Å². The van der Waals surface area contributed by atoms with Crippen molar-refractivity contribution in [1.82, 2.24) is 5.32 Å².